The van der Waals surface area contributed by atoms with Gasteiger partial charge in [-0.05, 0) is 18.8 Å². The Hall–Kier alpha value is -2.29. The normalized spacial score (nSPS) is 21.8. The second-order valence-corrected chi connectivity index (χ2v) is 6.12. The van der Waals surface area contributed by atoms with Crippen LogP contribution in [0.4, 0.5) is 0 Å². The summed E-state index contributed by atoms with van der Waals surface area (Å²) in [6, 6.07) is 0.127. The molecule has 4 rings (SSSR count). The van der Waals surface area contributed by atoms with Crippen LogP contribution in [0, 0.1) is 5.92 Å². The average Bonchev–Trinajstić information content (AvgIpc) is 3.34. The van der Waals surface area contributed by atoms with Gasteiger partial charge in [-0.15, -0.1) is 5.10 Å². The van der Waals surface area contributed by atoms with Gasteiger partial charge in [0.25, 0.3) is 5.56 Å². The molecule has 0 N–H and O–H groups in total. The Morgan fingerprint density at radius 2 is 2.26 bits per heavy atom. The molecule has 1 unspecified atom stereocenters. The molecule has 1 saturated heterocycles. The number of hydrogen-bond acceptors (Lipinski definition) is 6. The molecule has 2 aromatic rings. The number of rotatable bonds is 3. The van der Waals surface area contributed by atoms with Crippen LogP contribution in [0.3, 0.4) is 0 Å². The largest absolute Gasteiger partial charge is 0.377 e. The maximum absolute atomic E-state index is 12.6. The lowest BCUT2D eigenvalue weighted by Crippen LogP contribution is -2.51. The molecule has 1 amide bonds. The number of amides is 1. The zero-order valence-electron chi connectivity index (χ0n) is 12.9. The fourth-order valence-electron chi connectivity index (χ4n) is 3.10. The Labute approximate surface area is 131 Å². The maximum Gasteiger partial charge on any atom is 0.281 e. The van der Waals surface area contributed by atoms with Crippen molar-refractivity contribution >= 4 is 16.9 Å². The molecule has 9 nitrogen and oxygen atoms in total. The van der Waals surface area contributed by atoms with Crippen LogP contribution in [0.5, 0.6) is 0 Å². The lowest BCUT2D eigenvalue weighted by Gasteiger charge is -2.35. The van der Waals surface area contributed by atoms with E-state index < -0.39 is 0 Å². The monoisotopic (exact) mass is 318 g/mol. The number of carbonyl (C=O) groups is 1. The van der Waals surface area contributed by atoms with Crippen molar-refractivity contribution < 1.29 is 9.53 Å². The average molecular weight is 318 g/mol. The molecular weight excluding hydrogens is 300 g/mol. The first-order chi connectivity index (χ1) is 11.1. The molecule has 3 heterocycles. The lowest BCUT2D eigenvalue weighted by molar-refractivity contribution is -0.141. The van der Waals surface area contributed by atoms with Crippen molar-refractivity contribution in [2.24, 2.45) is 13.0 Å². The van der Waals surface area contributed by atoms with Gasteiger partial charge >= 0.3 is 0 Å². The molecule has 1 atom stereocenters. The summed E-state index contributed by atoms with van der Waals surface area (Å²) < 4.78 is 8.10. The van der Waals surface area contributed by atoms with E-state index in [1.165, 1.54) is 10.9 Å². The quantitative estimate of drug-likeness (QED) is 0.732. The molecule has 0 bridgehead atoms. The smallest absolute Gasteiger partial charge is 0.281 e. The fourth-order valence-corrected chi connectivity index (χ4v) is 3.10. The first kappa shape index (κ1) is 14.3. The number of hydrogen-bond donors (Lipinski definition) is 0. The molecule has 2 fully saturated rings. The highest BCUT2D eigenvalue weighted by atomic mass is 16.5. The summed E-state index contributed by atoms with van der Waals surface area (Å²) in [6.07, 6.45) is 3.73. The summed E-state index contributed by atoms with van der Waals surface area (Å²) in [5.74, 6) is 0.424. The van der Waals surface area contributed by atoms with E-state index in [4.69, 9.17) is 4.74 Å². The summed E-state index contributed by atoms with van der Waals surface area (Å²) in [4.78, 5) is 26.9. The van der Waals surface area contributed by atoms with Gasteiger partial charge in [0.15, 0.2) is 5.65 Å². The Balaban J connectivity index is 1.58. The molecule has 2 aliphatic rings. The van der Waals surface area contributed by atoms with Gasteiger partial charge < -0.3 is 9.64 Å². The minimum absolute atomic E-state index is 0.0973. The van der Waals surface area contributed by atoms with E-state index in [1.54, 1.807) is 7.05 Å². The summed E-state index contributed by atoms with van der Waals surface area (Å²) in [5.41, 5.74) is 0.0774. The molecular formula is C14H18N6O3. The number of nitrogens with zero attached hydrogens (tertiary/aromatic N) is 6. The zero-order chi connectivity index (χ0) is 16.0. The Bertz CT molecular complexity index is 808. The van der Waals surface area contributed by atoms with Gasteiger partial charge in [-0.25, -0.2) is 9.36 Å². The van der Waals surface area contributed by atoms with Crippen molar-refractivity contribution in [3.8, 4) is 0 Å². The molecule has 9 heteroatoms. The zero-order valence-corrected chi connectivity index (χ0v) is 12.9. The van der Waals surface area contributed by atoms with E-state index in [0.29, 0.717) is 36.7 Å². The molecule has 1 aliphatic heterocycles. The van der Waals surface area contributed by atoms with Gasteiger partial charge in [0.1, 0.15) is 11.9 Å². The SMILES string of the molecule is Cn1ncc2c(=O)n(CC(=O)N3CCOCC3C3CC3)nnc21. The first-order valence-electron chi connectivity index (χ1n) is 7.78. The summed E-state index contributed by atoms with van der Waals surface area (Å²) in [7, 11) is 1.69. The van der Waals surface area contributed by atoms with Gasteiger partial charge in [0.05, 0.1) is 25.5 Å². The molecule has 0 aromatic carbocycles. The van der Waals surface area contributed by atoms with Crippen molar-refractivity contribution in [1.29, 1.82) is 0 Å². The van der Waals surface area contributed by atoms with Crippen molar-refractivity contribution in [2.75, 3.05) is 19.8 Å². The van der Waals surface area contributed by atoms with Crippen LogP contribution < -0.4 is 5.56 Å². The standard InChI is InChI=1S/C14H18N6O3/c1-18-13-10(6-15-18)14(22)20(17-16-13)7-12(21)19-4-5-23-8-11(19)9-2-3-9/h6,9,11H,2-5,7-8H2,1H3. The van der Waals surface area contributed by atoms with Crippen LogP contribution in [0.15, 0.2) is 11.0 Å². The van der Waals surface area contributed by atoms with Crippen molar-refractivity contribution in [2.45, 2.75) is 25.4 Å². The lowest BCUT2D eigenvalue weighted by atomic mass is 10.1. The molecule has 2 aromatic heterocycles. The second kappa shape index (κ2) is 5.41. The predicted molar refractivity (Wildman–Crippen MR) is 79.6 cm³/mol. The topological polar surface area (TPSA) is 95.1 Å². The van der Waals surface area contributed by atoms with E-state index in [2.05, 4.69) is 15.4 Å². The molecule has 1 aliphatic carbocycles. The minimum Gasteiger partial charge on any atom is -0.377 e. The van der Waals surface area contributed by atoms with Crippen LogP contribution in [0.25, 0.3) is 11.0 Å². The second-order valence-electron chi connectivity index (χ2n) is 6.12. The Morgan fingerprint density at radius 1 is 1.43 bits per heavy atom. The van der Waals surface area contributed by atoms with Crippen molar-refractivity contribution in [3.63, 3.8) is 0 Å². The van der Waals surface area contributed by atoms with Gasteiger partial charge in [0, 0.05) is 13.6 Å². The summed E-state index contributed by atoms with van der Waals surface area (Å²) in [6.45, 7) is 1.59. The van der Waals surface area contributed by atoms with E-state index in [1.807, 2.05) is 4.90 Å². The van der Waals surface area contributed by atoms with E-state index in [9.17, 15) is 9.59 Å². The van der Waals surface area contributed by atoms with E-state index in [0.717, 1.165) is 17.5 Å². The molecule has 0 spiro atoms. The number of aryl methyl sites for hydroxylation is 1. The minimum atomic E-state index is -0.340. The number of morpholine rings is 1. The van der Waals surface area contributed by atoms with Gasteiger partial charge in [-0.3, -0.25) is 9.59 Å². The van der Waals surface area contributed by atoms with E-state index >= 15 is 0 Å². The van der Waals surface area contributed by atoms with Crippen molar-refractivity contribution in [3.05, 3.63) is 16.6 Å². The van der Waals surface area contributed by atoms with E-state index in [-0.39, 0.29) is 24.1 Å². The number of ether oxygens (including phenoxy) is 1. The van der Waals surface area contributed by atoms with Crippen LogP contribution in [-0.2, 0) is 23.1 Å². The Morgan fingerprint density at radius 3 is 3.04 bits per heavy atom. The van der Waals surface area contributed by atoms with Crippen LogP contribution in [0.1, 0.15) is 12.8 Å². The fraction of sp³-hybridized carbons (Fsp3) is 0.643. The number of carbonyl (C=O) groups excluding carboxylic acids is 1. The highest BCUT2D eigenvalue weighted by Gasteiger charge is 2.39. The third-order valence-corrected chi connectivity index (χ3v) is 4.56. The molecule has 122 valence electrons. The highest BCUT2D eigenvalue weighted by molar-refractivity contribution is 5.77. The number of aromatic nitrogens is 5. The summed E-state index contributed by atoms with van der Waals surface area (Å²) >= 11 is 0. The van der Waals surface area contributed by atoms with Crippen molar-refractivity contribution in [1.82, 2.24) is 29.7 Å². The van der Waals surface area contributed by atoms with Crippen LogP contribution >= 0.6 is 0 Å². The number of fused-ring (bicyclic) bond motifs is 1. The van der Waals surface area contributed by atoms with Gasteiger partial charge in [-0.2, -0.15) is 5.10 Å². The van der Waals surface area contributed by atoms with Gasteiger partial charge in [0.2, 0.25) is 5.91 Å². The third kappa shape index (κ3) is 2.50. The summed E-state index contributed by atoms with van der Waals surface area (Å²) in [5, 5.41) is 12.2. The predicted octanol–water partition coefficient (Wildman–Crippen LogP) is -0.838. The first-order valence-corrected chi connectivity index (χ1v) is 7.78. The molecule has 0 radical (unpaired) electrons. The highest BCUT2D eigenvalue weighted by Crippen LogP contribution is 2.36. The molecule has 23 heavy (non-hydrogen) atoms. The Kier molecular flexibility index (Phi) is 3.37. The molecule has 1 saturated carbocycles. The van der Waals surface area contributed by atoms with Gasteiger partial charge in [-0.1, -0.05) is 5.21 Å². The van der Waals surface area contributed by atoms with Crippen LogP contribution in [0.2, 0.25) is 0 Å². The van der Waals surface area contributed by atoms with Crippen LogP contribution in [-0.4, -0.2) is 61.4 Å². The maximum atomic E-state index is 12.6. The third-order valence-electron chi connectivity index (χ3n) is 4.56.